The highest BCUT2D eigenvalue weighted by molar-refractivity contribution is 6.05. The topological polar surface area (TPSA) is 54.7 Å². The third-order valence-electron chi connectivity index (χ3n) is 3.16. The lowest BCUT2D eigenvalue weighted by Crippen LogP contribution is -2.47. The van der Waals surface area contributed by atoms with E-state index in [0.29, 0.717) is 11.9 Å². The number of para-hydroxylation sites is 1. The molecule has 0 spiro atoms. The summed E-state index contributed by atoms with van der Waals surface area (Å²) in [6.07, 6.45) is 0. The Labute approximate surface area is 115 Å². The van der Waals surface area contributed by atoms with Gasteiger partial charge in [0.25, 0.3) is 0 Å². The summed E-state index contributed by atoms with van der Waals surface area (Å²) in [5.41, 5.74) is 3.37. The minimum absolute atomic E-state index is 0.368. The molecular formula is C14H23N5. The number of nitrogens with zero attached hydrogens (tertiary/aromatic N) is 3. The molecule has 0 aromatic heterocycles. The van der Waals surface area contributed by atoms with E-state index >= 15 is 0 Å². The molecule has 1 rings (SSSR count). The quantitative estimate of drug-likeness (QED) is 0.599. The molecule has 0 aliphatic carbocycles. The Hall–Kier alpha value is -2.04. The molecule has 5 heteroatoms. The number of nitrogens with one attached hydrogen (secondary N) is 2. The molecule has 0 saturated heterocycles. The first-order valence-corrected chi connectivity index (χ1v) is 6.20. The molecule has 2 N–H and O–H groups in total. The molecule has 0 radical (unpaired) electrons. The van der Waals surface area contributed by atoms with Gasteiger partial charge >= 0.3 is 0 Å². The van der Waals surface area contributed by atoms with Crippen LogP contribution in [0.5, 0.6) is 0 Å². The van der Waals surface area contributed by atoms with Gasteiger partial charge in [-0.05, 0) is 25.0 Å². The molecule has 0 heterocycles. The molecule has 0 unspecified atom stereocenters. The highest BCUT2D eigenvalue weighted by Gasteiger charge is 2.17. The van der Waals surface area contributed by atoms with Gasteiger partial charge < -0.3 is 10.2 Å². The van der Waals surface area contributed by atoms with Crippen LogP contribution in [0.1, 0.15) is 11.1 Å². The third-order valence-corrected chi connectivity index (χ3v) is 3.16. The first-order valence-electron chi connectivity index (χ1n) is 6.20. The number of rotatable bonds is 1. The van der Waals surface area contributed by atoms with Crippen LogP contribution in [0.2, 0.25) is 0 Å². The first kappa shape index (κ1) is 15.0. The van der Waals surface area contributed by atoms with Gasteiger partial charge in [-0.1, -0.05) is 18.2 Å². The summed E-state index contributed by atoms with van der Waals surface area (Å²) in [6.45, 7) is 4.11. The van der Waals surface area contributed by atoms with Crippen molar-refractivity contribution in [3.8, 4) is 0 Å². The van der Waals surface area contributed by atoms with Crippen LogP contribution in [0, 0.1) is 19.3 Å². The summed E-state index contributed by atoms with van der Waals surface area (Å²) in [4.78, 5) is 7.69. The van der Waals surface area contributed by atoms with Crippen LogP contribution in [0.4, 0.5) is 5.69 Å². The van der Waals surface area contributed by atoms with E-state index in [1.807, 2.05) is 25.1 Å². The van der Waals surface area contributed by atoms with Gasteiger partial charge in [0.2, 0.25) is 5.96 Å². The van der Waals surface area contributed by atoms with Crippen LogP contribution in [0.15, 0.2) is 23.2 Å². The Kier molecular flexibility index (Phi) is 4.92. The van der Waals surface area contributed by atoms with Crippen LogP contribution in [-0.4, -0.2) is 45.0 Å². The Balaban J connectivity index is 3.07. The van der Waals surface area contributed by atoms with Crippen molar-refractivity contribution in [1.29, 1.82) is 5.41 Å². The lowest BCUT2D eigenvalue weighted by molar-refractivity contribution is 0.688. The molecule has 0 amide bonds. The maximum absolute atomic E-state index is 8.30. The van der Waals surface area contributed by atoms with E-state index in [0.717, 1.165) is 16.8 Å². The van der Waals surface area contributed by atoms with Crippen molar-refractivity contribution < 1.29 is 0 Å². The minimum atomic E-state index is 0.368. The fourth-order valence-corrected chi connectivity index (χ4v) is 2.20. The largest absolute Gasteiger partial charge is 0.359 e. The van der Waals surface area contributed by atoms with Crippen LogP contribution >= 0.6 is 0 Å². The second-order valence-electron chi connectivity index (χ2n) is 4.48. The monoisotopic (exact) mass is 261 g/mol. The summed E-state index contributed by atoms with van der Waals surface area (Å²) >= 11 is 0. The van der Waals surface area contributed by atoms with Crippen LogP contribution in [0.3, 0.4) is 0 Å². The first-order chi connectivity index (χ1) is 8.93. The fourth-order valence-electron chi connectivity index (χ4n) is 2.20. The molecule has 19 heavy (non-hydrogen) atoms. The van der Waals surface area contributed by atoms with Gasteiger partial charge in [-0.25, -0.2) is 0 Å². The standard InChI is InChI=1S/C14H23N5/c1-10-8-7-9-11(2)12(10)18(5)13(15)19(6)14(16-3)17-4/h7-9,15H,1-6H3,(H,16,17). The SMILES string of the molecule is CN=C(NC)N(C)C(=N)N(C)c1c(C)cccc1C. The Morgan fingerprint density at radius 3 is 2.16 bits per heavy atom. The van der Waals surface area contributed by atoms with Gasteiger partial charge in [0.1, 0.15) is 0 Å². The number of hydrogen-bond donors (Lipinski definition) is 2. The van der Waals surface area contributed by atoms with Gasteiger partial charge in [-0.2, -0.15) is 0 Å². The molecule has 0 fully saturated rings. The zero-order chi connectivity index (χ0) is 14.6. The predicted molar refractivity (Wildman–Crippen MR) is 82.2 cm³/mol. The van der Waals surface area contributed by atoms with Gasteiger partial charge in [0, 0.05) is 33.9 Å². The summed E-state index contributed by atoms with van der Waals surface area (Å²) in [6, 6.07) is 6.14. The maximum Gasteiger partial charge on any atom is 0.204 e. The summed E-state index contributed by atoms with van der Waals surface area (Å²) in [7, 11) is 7.22. The van der Waals surface area contributed by atoms with Crippen molar-refractivity contribution in [2.24, 2.45) is 4.99 Å². The van der Waals surface area contributed by atoms with Crippen molar-refractivity contribution in [2.45, 2.75) is 13.8 Å². The molecule has 1 aromatic rings. The number of aliphatic imine (C=N–C) groups is 1. The van der Waals surface area contributed by atoms with Gasteiger partial charge in [-0.3, -0.25) is 15.3 Å². The van der Waals surface area contributed by atoms with E-state index < -0.39 is 0 Å². The lowest BCUT2D eigenvalue weighted by Gasteiger charge is -2.30. The molecule has 0 saturated carbocycles. The van der Waals surface area contributed by atoms with Crippen molar-refractivity contribution in [3.05, 3.63) is 29.3 Å². The normalized spacial score (nSPS) is 11.2. The zero-order valence-electron chi connectivity index (χ0n) is 12.6. The number of benzene rings is 1. The van der Waals surface area contributed by atoms with Gasteiger partial charge in [0.05, 0.1) is 0 Å². The van der Waals surface area contributed by atoms with E-state index in [1.165, 1.54) is 0 Å². The van der Waals surface area contributed by atoms with Crippen molar-refractivity contribution >= 4 is 17.6 Å². The molecule has 0 bridgehead atoms. The van der Waals surface area contributed by atoms with E-state index in [9.17, 15) is 0 Å². The number of aryl methyl sites for hydroxylation is 2. The van der Waals surface area contributed by atoms with E-state index in [2.05, 4.69) is 36.3 Å². The summed E-state index contributed by atoms with van der Waals surface area (Å²) in [5.74, 6) is 1.02. The highest BCUT2D eigenvalue weighted by atomic mass is 15.4. The molecule has 0 aliphatic rings. The van der Waals surface area contributed by atoms with Gasteiger partial charge in [-0.15, -0.1) is 0 Å². The van der Waals surface area contributed by atoms with Crippen LogP contribution in [0.25, 0.3) is 0 Å². The van der Waals surface area contributed by atoms with Crippen LogP contribution in [-0.2, 0) is 0 Å². The number of hydrogen-bond acceptors (Lipinski definition) is 2. The second-order valence-corrected chi connectivity index (χ2v) is 4.48. The molecule has 1 aromatic carbocycles. The third kappa shape index (κ3) is 3.05. The smallest absolute Gasteiger partial charge is 0.204 e. The highest BCUT2D eigenvalue weighted by Crippen LogP contribution is 2.23. The Morgan fingerprint density at radius 1 is 1.21 bits per heavy atom. The predicted octanol–water partition coefficient (Wildman–Crippen LogP) is 1.81. The van der Waals surface area contributed by atoms with E-state index in [-0.39, 0.29) is 0 Å². The van der Waals surface area contributed by atoms with Crippen molar-refractivity contribution in [2.75, 3.05) is 33.1 Å². The minimum Gasteiger partial charge on any atom is -0.359 e. The molecule has 0 aliphatic heterocycles. The Morgan fingerprint density at radius 2 is 1.74 bits per heavy atom. The maximum atomic E-state index is 8.30. The van der Waals surface area contributed by atoms with Crippen molar-refractivity contribution in [1.82, 2.24) is 10.2 Å². The molecule has 5 nitrogen and oxygen atoms in total. The number of guanidine groups is 2. The fraction of sp³-hybridized carbons (Fsp3) is 0.429. The van der Waals surface area contributed by atoms with Gasteiger partial charge in [0.15, 0.2) is 5.96 Å². The zero-order valence-corrected chi connectivity index (χ0v) is 12.6. The molecular weight excluding hydrogens is 238 g/mol. The summed E-state index contributed by atoms with van der Waals surface area (Å²) < 4.78 is 0. The van der Waals surface area contributed by atoms with E-state index in [1.54, 1.807) is 19.0 Å². The molecule has 0 atom stereocenters. The Bertz CT molecular complexity index is 472. The van der Waals surface area contributed by atoms with E-state index in [4.69, 9.17) is 5.41 Å². The number of anilines is 1. The van der Waals surface area contributed by atoms with Crippen molar-refractivity contribution in [3.63, 3.8) is 0 Å². The molecule has 104 valence electrons. The second kappa shape index (κ2) is 6.22. The lowest BCUT2D eigenvalue weighted by atomic mass is 10.1. The van der Waals surface area contributed by atoms with Crippen LogP contribution < -0.4 is 10.2 Å². The average molecular weight is 261 g/mol. The average Bonchev–Trinajstić information content (AvgIpc) is 2.38. The summed E-state index contributed by atoms with van der Waals surface area (Å²) in [5, 5.41) is 11.3.